The van der Waals surface area contributed by atoms with Crippen molar-refractivity contribution in [2.45, 2.75) is 66.5 Å². The molecule has 0 amide bonds. The third-order valence-electron chi connectivity index (χ3n) is 3.44. The Hall–Kier alpha value is -0.830. The molecule has 0 saturated carbocycles. The van der Waals surface area contributed by atoms with Gasteiger partial charge in [-0.1, -0.05) is 13.8 Å². The summed E-state index contributed by atoms with van der Waals surface area (Å²) in [6.45, 7) is 13.0. The van der Waals surface area contributed by atoms with Gasteiger partial charge in [0.05, 0.1) is 5.69 Å². The third kappa shape index (κ3) is 3.84. The lowest BCUT2D eigenvalue weighted by molar-refractivity contribution is 0.467. The van der Waals surface area contributed by atoms with Crippen LogP contribution in [0.15, 0.2) is 0 Å². The van der Waals surface area contributed by atoms with E-state index in [0.29, 0.717) is 6.04 Å². The first kappa shape index (κ1) is 14.2. The maximum absolute atomic E-state index is 4.62. The fraction of sp³-hybridized carbons (Fsp3) is 0.786. The minimum Gasteiger partial charge on any atom is -0.315 e. The van der Waals surface area contributed by atoms with Gasteiger partial charge in [-0.15, -0.1) is 0 Å². The van der Waals surface area contributed by atoms with E-state index in [0.717, 1.165) is 19.5 Å². The van der Waals surface area contributed by atoms with Crippen LogP contribution in [-0.4, -0.2) is 22.4 Å². The summed E-state index contributed by atoms with van der Waals surface area (Å²) >= 11 is 0. The Bertz CT molecular complexity index is 341. The molecule has 1 atom stereocenters. The largest absolute Gasteiger partial charge is 0.315 e. The van der Waals surface area contributed by atoms with Crippen molar-refractivity contribution in [3.05, 3.63) is 17.0 Å². The van der Waals surface area contributed by atoms with Gasteiger partial charge in [0.2, 0.25) is 0 Å². The second kappa shape index (κ2) is 6.80. The number of hydrogen-bond acceptors (Lipinski definition) is 2. The quantitative estimate of drug-likeness (QED) is 0.790. The van der Waals surface area contributed by atoms with Gasteiger partial charge in [-0.2, -0.15) is 5.10 Å². The highest BCUT2D eigenvalue weighted by Gasteiger charge is 2.09. The van der Waals surface area contributed by atoms with Gasteiger partial charge >= 0.3 is 0 Å². The molecule has 0 fully saturated rings. The molecule has 0 radical (unpaired) electrons. The topological polar surface area (TPSA) is 29.9 Å². The van der Waals surface area contributed by atoms with Crippen LogP contribution in [0.3, 0.4) is 0 Å². The third-order valence-corrected chi connectivity index (χ3v) is 3.44. The lowest BCUT2D eigenvalue weighted by Crippen LogP contribution is -2.25. The zero-order chi connectivity index (χ0) is 12.8. The molecule has 1 heterocycles. The number of rotatable bonds is 7. The van der Waals surface area contributed by atoms with Crippen LogP contribution in [0.2, 0.25) is 0 Å². The molecule has 0 aromatic carbocycles. The average Bonchev–Trinajstić information content (AvgIpc) is 2.54. The Balaban J connectivity index is 2.47. The van der Waals surface area contributed by atoms with Crippen molar-refractivity contribution >= 4 is 0 Å². The van der Waals surface area contributed by atoms with Crippen LogP contribution in [0.1, 0.15) is 50.6 Å². The van der Waals surface area contributed by atoms with Crippen molar-refractivity contribution in [3.63, 3.8) is 0 Å². The van der Waals surface area contributed by atoms with Crippen LogP contribution in [0.4, 0.5) is 0 Å². The minimum absolute atomic E-state index is 0.614. The fourth-order valence-electron chi connectivity index (χ4n) is 2.46. The summed E-state index contributed by atoms with van der Waals surface area (Å²) in [6.07, 6.45) is 3.50. The highest BCUT2D eigenvalue weighted by Crippen LogP contribution is 2.14. The first-order chi connectivity index (χ1) is 8.10. The second-order valence-corrected chi connectivity index (χ2v) is 4.83. The molecule has 98 valence electrons. The van der Waals surface area contributed by atoms with Crippen LogP contribution in [0, 0.1) is 13.8 Å². The van der Waals surface area contributed by atoms with E-state index >= 15 is 0 Å². The van der Waals surface area contributed by atoms with Gasteiger partial charge < -0.3 is 5.32 Å². The highest BCUT2D eigenvalue weighted by molar-refractivity contribution is 5.24. The summed E-state index contributed by atoms with van der Waals surface area (Å²) in [4.78, 5) is 0. The van der Waals surface area contributed by atoms with Crippen molar-refractivity contribution in [3.8, 4) is 0 Å². The Morgan fingerprint density at radius 1 is 1.29 bits per heavy atom. The van der Waals surface area contributed by atoms with Crippen molar-refractivity contribution in [2.75, 3.05) is 6.54 Å². The maximum Gasteiger partial charge on any atom is 0.0628 e. The van der Waals surface area contributed by atoms with Gasteiger partial charge in [0, 0.05) is 18.3 Å². The zero-order valence-electron chi connectivity index (χ0n) is 12.0. The zero-order valence-corrected chi connectivity index (χ0v) is 12.0. The summed E-state index contributed by atoms with van der Waals surface area (Å²) in [5.74, 6) is 0. The summed E-state index contributed by atoms with van der Waals surface area (Å²) in [5.41, 5.74) is 3.97. The predicted molar refractivity (Wildman–Crippen MR) is 73.5 cm³/mol. The summed E-state index contributed by atoms with van der Waals surface area (Å²) in [7, 11) is 0. The normalized spacial score (nSPS) is 13.0. The van der Waals surface area contributed by atoms with E-state index < -0.39 is 0 Å². The molecule has 3 heteroatoms. The van der Waals surface area contributed by atoms with Crippen LogP contribution < -0.4 is 5.32 Å². The van der Waals surface area contributed by atoms with Gasteiger partial charge in [0.15, 0.2) is 0 Å². The van der Waals surface area contributed by atoms with E-state index in [1.807, 2.05) is 0 Å². The molecule has 0 aliphatic carbocycles. The summed E-state index contributed by atoms with van der Waals surface area (Å²) in [6, 6.07) is 0.614. The molecule has 1 aromatic heterocycles. The molecule has 1 unspecified atom stereocenters. The fourth-order valence-corrected chi connectivity index (χ4v) is 2.46. The Labute approximate surface area is 106 Å². The summed E-state index contributed by atoms with van der Waals surface area (Å²) in [5, 5.41) is 8.06. The Morgan fingerprint density at radius 3 is 2.53 bits per heavy atom. The number of aromatic nitrogens is 2. The molecule has 0 aliphatic rings. The number of hydrogen-bond donors (Lipinski definition) is 1. The predicted octanol–water partition coefficient (Wildman–Crippen LogP) is 2.84. The van der Waals surface area contributed by atoms with Gasteiger partial charge in [-0.3, -0.25) is 4.68 Å². The van der Waals surface area contributed by atoms with E-state index in [9.17, 15) is 0 Å². The van der Waals surface area contributed by atoms with Gasteiger partial charge in [0.25, 0.3) is 0 Å². The van der Waals surface area contributed by atoms with Crippen molar-refractivity contribution < 1.29 is 0 Å². The number of nitrogens with one attached hydrogen (secondary N) is 1. The van der Waals surface area contributed by atoms with Crippen LogP contribution in [-0.2, 0) is 13.0 Å². The van der Waals surface area contributed by atoms with E-state index in [1.165, 1.54) is 29.8 Å². The average molecular weight is 237 g/mol. The van der Waals surface area contributed by atoms with E-state index in [2.05, 4.69) is 49.7 Å². The number of aryl methyl sites for hydroxylation is 2. The van der Waals surface area contributed by atoms with Crippen LogP contribution >= 0.6 is 0 Å². The second-order valence-electron chi connectivity index (χ2n) is 4.83. The molecular weight excluding hydrogens is 210 g/mol. The van der Waals surface area contributed by atoms with E-state index in [1.54, 1.807) is 0 Å². The minimum atomic E-state index is 0.614. The highest BCUT2D eigenvalue weighted by atomic mass is 15.3. The summed E-state index contributed by atoms with van der Waals surface area (Å²) < 4.78 is 2.17. The Morgan fingerprint density at radius 2 is 2.00 bits per heavy atom. The first-order valence-corrected chi connectivity index (χ1v) is 6.86. The van der Waals surface area contributed by atoms with E-state index in [-0.39, 0.29) is 0 Å². The Kier molecular flexibility index (Phi) is 5.69. The van der Waals surface area contributed by atoms with Crippen molar-refractivity contribution in [1.82, 2.24) is 15.1 Å². The molecule has 0 aliphatic heterocycles. The molecule has 0 spiro atoms. The maximum atomic E-state index is 4.62. The molecule has 1 N–H and O–H groups in total. The molecule has 17 heavy (non-hydrogen) atoms. The van der Waals surface area contributed by atoms with Crippen LogP contribution in [0.25, 0.3) is 0 Å². The lowest BCUT2D eigenvalue weighted by atomic mass is 10.1. The lowest BCUT2D eigenvalue weighted by Gasteiger charge is -2.12. The molecule has 1 rings (SSSR count). The van der Waals surface area contributed by atoms with Gasteiger partial charge in [0.1, 0.15) is 0 Å². The standard InChI is InChI=1S/C14H27N3/c1-6-14-12(4)16-17(13(14)5)10-8-9-11(3)15-7-2/h11,15H,6-10H2,1-5H3. The molecule has 0 saturated heterocycles. The van der Waals surface area contributed by atoms with Crippen molar-refractivity contribution in [2.24, 2.45) is 0 Å². The van der Waals surface area contributed by atoms with Gasteiger partial charge in [-0.05, 0) is 52.1 Å². The molecule has 1 aromatic rings. The smallest absolute Gasteiger partial charge is 0.0628 e. The first-order valence-electron chi connectivity index (χ1n) is 6.86. The number of nitrogens with zero attached hydrogens (tertiary/aromatic N) is 2. The SMILES string of the molecule is CCNC(C)CCCn1nc(C)c(CC)c1C. The van der Waals surface area contributed by atoms with Gasteiger partial charge in [-0.25, -0.2) is 0 Å². The molecular formula is C14H27N3. The monoisotopic (exact) mass is 237 g/mol. The van der Waals surface area contributed by atoms with E-state index in [4.69, 9.17) is 0 Å². The van der Waals surface area contributed by atoms with Crippen LogP contribution in [0.5, 0.6) is 0 Å². The van der Waals surface area contributed by atoms with Crippen molar-refractivity contribution in [1.29, 1.82) is 0 Å². The molecule has 3 nitrogen and oxygen atoms in total. The molecule has 0 bridgehead atoms.